The van der Waals surface area contributed by atoms with Gasteiger partial charge in [0.2, 0.25) is 23.6 Å². The first-order chi connectivity index (χ1) is 30.6. The standard InChI is InChI=1S/C51H61Cl2N5O6/c1-34(2)45(57(5)49(63)50(28-14-15-29-50)55-46(60)42(54)32-36-18-10-12-22-40(36)52)48(62)56(4)43(47(61)58-30-16-7-17-31-58)33-44(59)64-51(37-19-8-6-9-20-37,38-26-24-35(3)25-27-38)39-21-11-13-23-41(39)53/h6,8-13,18-27,34,42-43,45H,7,14-17,28-33,54H2,1-5H3,(H,55,60)/t42-,43-,45-,51?/m0/s1. The Balaban J connectivity index is 1.32. The van der Waals surface area contributed by atoms with Gasteiger partial charge in [0.25, 0.3) is 0 Å². The third-order valence-electron chi connectivity index (χ3n) is 12.9. The summed E-state index contributed by atoms with van der Waals surface area (Å²) in [7, 11) is 3.07. The number of carbonyl (C=O) groups is 5. The molecule has 11 nitrogen and oxygen atoms in total. The number of benzene rings is 4. The van der Waals surface area contributed by atoms with Gasteiger partial charge < -0.3 is 30.5 Å². The number of hydrogen-bond donors (Lipinski definition) is 2. The lowest BCUT2D eigenvalue weighted by molar-refractivity contribution is -0.161. The van der Waals surface area contributed by atoms with Gasteiger partial charge in [-0.2, -0.15) is 0 Å². The number of rotatable bonds is 16. The Labute approximate surface area is 387 Å². The first kappa shape index (κ1) is 48.2. The number of halogens is 2. The smallest absolute Gasteiger partial charge is 0.310 e. The van der Waals surface area contributed by atoms with Gasteiger partial charge in [0.1, 0.15) is 17.6 Å². The molecule has 1 saturated carbocycles. The molecule has 1 heterocycles. The number of nitrogens with one attached hydrogen (secondary N) is 1. The number of esters is 1. The first-order valence-corrected chi connectivity index (χ1v) is 23.1. The molecule has 1 aliphatic carbocycles. The van der Waals surface area contributed by atoms with Crippen LogP contribution in [0.4, 0.5) is 0 Å². The van der Waals surface area contributed by atoms with Crippen LogP contribution in [-0.2, 0) is 40.7 Å². The Morgan fingerprint density at radius 1 is 0.766 bits per heavy atom. The number of nitrogens with zero attached hydrogens (tertiary/aromatic N) is 3. The van der Waals surface area contributed by atoms with Gasteiger partial charge in [0.05, 0.1) is 12.5 Å². The van der Waals surface area contributed by atoms with E-state index < -0.39 is 65.3 Å². The summed E-state index contributed by atoms with van der Waals surface area (Å²) in [6.07, 6.45) is 4.36. The molecule has 1 aliphatic heterocycles. The molecule has 0 aromatic heterocycles. The average Bonchev–Trinajstić information content (AvgIpc) is 3.77. The van der Waals surface area contributed by atoms with E-state index in [0.29, 0.717) is 71.1 Å². The molecule has 4 aromatic rings. The van der Waals surface area contributed by atoms with Gasteiger partial charge in [0.15, 0.2) is 5.60 Å². The van der Waals surface area contributed by atoms with Gasteiger partial charge in [-0.1, -0.05) is 146 Å². The van der Waals surface area contributed by atoms with Gasteiger partial charge in [-0.15, -0.1) is 0 Å². The summed E-state index contributed by atoms with van der Waals surface area (Å²) in [4.78, 5) is 77.4. The molecule has 64 heavy (non-hydrogen) atoms. The highest BCUT2D eigenvalue weighted by molar-refractivity contribution is 6.31. The van der Waals surface area contributed by atoms with E-state index in [0.717, 1.165) is 24.8 Å². The number of likely N-dealkylation sites (tertiary alicyclic amines) is 1. The van der Waals surface area contributed by atoms with E-state index in [1.165, 1.54) is 16.8 Å². The summed E-state index contributed by atoms with van der Waals surface area (Å²) >= 11 is 13.3. The van der Waals surface area contributed by atoms with Crippen molar-refractivity contribution >= 4 is 52.8 Å². The number of ether oxygens (including phenoxy) is 1. The Kier molecular flexibility index (Phi) is 16.0. The van der Waals surface area contributed by atoms with E-state index in [-0.39, 0.29) is 12.3 Å². The summed E-state index contributed by atoms with van der Waals surface area (Å²) in [5.41, 5.74) is 7.11. The van der Waals surface area contributed by atoms with Crippen LogP contribution in [-0.4, -0.2) is 95.1 Å². The summed E-state index contributed by atoms with van der Waals surface area (Å²) in [5.74, 6) is -2.98. The van der Waals surface area contributed by atoms with Crippen LogP contribution >= 0.6 is 23.2 Å². The number of nitrogens with two attached hydrogens (primary N) is 1. The number of aryl methyl sites for hydroxylation is 1. The number of amides is 4. The molecular formula is C51H61Cl2N5O6. The quantitative estimate of drug-likeness (QED) is 0.0862. The summed E-state index contributed by atoms with van der Waals surface area (Å²) in [6, 6.07) is 28.0. The van der Waals surface area contributed by atoms with Crippen LogP contribution in [0.5, 0.6) is 0 Å². The topological polar surface area (TPSA) is 142 Å². The van der Waals surface area contributed by atoms with E-state index >= 15 is 4.79 Å². The van der Waals surface area contributed by atoms with Crippen molar-refractivity contribution in [1.82, 2.24) is 20.0 Å². The Bertz CT molecular complexity index is 2280. The Morgan fingerprint density at radius 3 is 1.95 bits per heavy atom. The maximum Gasteiger partial charge on any atom is 0.310 e. The first-order valence-electron chi connectivity index (χ1n) is 22.3. The SMILES string of the molecule is Cc1ccc(C(OC(=O)C[C@@H](C(=O)N2CCCCC2)N(C)C(=O)[C@H](C(C)C)N(C)C(=O)C2(NC(=O)[C@@H](N)Cc3ccccc3Cl)CCCC2)(c2ccccc2)c2ccccc2Cl)cc1. The Morgan fingerprint density at radius 2 is 1.34 bits per heavy atom. The van der Waals surface area contributed by atoms with Crippen LogP contribution in [0.3, 0.4) is 0 Å². The van der Waals surface area contributed by atoms with Crippen molar-refractivity contribution in [3.05, 3.63) is 141 Å². The van der Waals surface area contributed by atoms with Crippen molar-refractivity contribution in [2.24, 2.45) is 11.7 Å². The van der Waals surface area contributed by atoms with Gasteiger partial charge >= 0.3 is 5.97 Å². The molecule has 2 fully saturated rings. The minimum Gasteiger partial charge on any atom is -0.444 e. The average molecular weight is 911 g/mol. The van der Waals surface area contributed by atoms with Crippen LogP contribution in [0.25, 0.3) is 0 Å². The molecule has 340 valence electrons. The van der Waals surface area contributed by atoms with E-state index in [1.54, 1.807) is 42.3 Å². The second-order valence-corrected chi connectivity index (χ2v) is 18.5. The van der Waals surface area contributed by atoms with Crippen LogP contribution in [0.2, 0.25) is 10.0 Å². The minimum absolute atomic E-state index is 0.175. The van der Waals surface area contributed by atoms with E-state index in [2.05, 4.69) is 5.32 Å². The molecule has 4 atom stereocenters. The fraction of sp³-hybridized carbons (Fsp3) is 0.431. The third-order valence-corrected chi connectivity index (χ3v) is 13.6. The normalized spacial score (nSPS) is 17.1. The highest BCUT2D eigenvalue weighted by atomic mass is 35.5. The molecule has 3 N–H and O–H groups in total. The molecule has 4 aromatic carbocycles. The van der Waals surface area contributed by atoms with E-state index in [9.17, 15) is 19.2 Å². The maximum atomic E-state index is 15.0. The number of piperidine rings is 1. The van der Waals surface area contributed by atoms with Gasteiger partial charge in [0, 0.05) is 53.9 Å². The molecule has 1 saturated heterocycles. The largest absolute Gasteiger partial charge is 0.444 e. The van der Waals surface area contributed by atoms with E-state index in [4.69, 9.17) is 33.7 Å². The van der Waals surface area contributed by atoms with Crippen molar-refractivity contribution in [1.29, 1.82) is 0 Å². The molecule has 13 heteroatoms. The fourth-order valence-corrected chi connectivity index (χ4v) is 9.84. The molecule has 0 spiro atoms. The second kappa shape index (κ2) is 21.2. The second-order valence-electron chi connectivity index (χ2n) is 17.7. The van der Waals surface area contributed by atoms with Crippen molar-refractivity contribution in [3.63, 3.8) is 0 Å². The third kappa shape index (κ3) is 10.5. The van der Waals surface area contributed by atoms with Crippen molar-refractivity contribution in [2.45, 2.75) is 108 Å². The zero-order chi connectivity index (χ0) is 46.2. The fourth-order valence-electron chi connectivity index (χ4n) is 9.36. The van der Waals surface area contributed by atoms with Crippen molar-refractivity contribution in [2.75, 3.05) is 27.2 Å². The molecule has 0 bridgehead atoms. The lowest BCUT2D eigenvalue weighted by atomic mass is 9.79. The number of carbonyl (C=O) groups excluding carboxylic acids is 5. The predicted molar refractivity (Wildman–Crippen MR) is 251 cm³/mol. The number of hydrogen-bond acceptors (Lipinski definition) is 7. The molecular weight excluding hydrogens is 849 g/mol. The monoisotopic (exact) mass is 909 g/mol. The lowest BCUT2D eigenvalue weighted by Crippen LogP contribution is -2.64. The zero-order valence-electron chi connectivity index (χ0n) is 37.5. The predicted octanol–water partition coefficient (Wildman–Crippen LogP) is 7.85. The minimum atomic E-state index is -1.53. The van der Waals surface area contributed by atoms with Gasteiger partial charge in [-0.3, -0.25) is 24.0 Å². The van der Waals surface area contributed by atoms with Crippen molar-refractivity contribution < 1.29 is 28.7 Å². The molecule has 6 rings (SSSR count). The van der Waals surface area contributed by atoms with Crippen molar-refractivity contribution in [3.8, 4) is 0 Å². The molecule has 4 amide bonds. The number of likely N-dealkylation sites (N-methyl/N-ethyl adjacent to an activating group) is 2. The van der Waals surface area contributed by atoms with Crippen LogP contribution in [0.15, 0.2) is 103 Å². The van der Waals surface area contributed by atoms with Gasteiger partial charge in [-0.25, -0.2) is 0 Å². The van der Waals surface area contributed by atoms with E-state index in [1.807, 2.05) is 93.6 Å². The highest BCUT2D eigenvalue weighted by Gasteiger charge is 2.49. The lowest BCUT2D eigenvalue weighted by Gasteiger charge is -2.41. The molecule has 2 aliphatic rings. The summed E-state index contributed by atoms with van der Waals surface area (Å²) in [5, 5.41) is 3.87. The molecule has 0 radical (unpaired) electrons. The summed E-state index contributed by atoms with van der Waals surface area (Å²) < 4.78 is 6.74. The van der Waals surface area contributed by atoms with Crippen LogP contribution in [0.1, 0.15) is 93.0 Å². The van der Waals surface area contributed by atoms with Crippen LogP contribution < -0.4 is 11.1 Å². The summed E-state index contributed by atoms with van der Waals surface area (Å²) in [6.45, 7) is 6.59. The maximum absolute atomic E-state index is 15.0. The zero-order valence-corrected chi connectivity index (χ0v) is 39.0. The van der Waals surface area contributed by atoms with Gasteiger partial charge in [-0.05, 0) is 69.1 Å². The Hall–Kier alpha value is -5.23. The highest BCUT2D eigenvalue weighted by Crippen LogP contribution is 2.44. The molecule has 1 unspecified atom stereocenters. The van der Waals surface area contributed by atoms with Crippen LogP contribution in [0, 0.1) is 12.8 Å².